The molecular formula is C24H23N3O4. The fourth-order valence-corrected chi connectivity index (χ4v) is 5.09. The molecule has 2 aromatic carbocycles. The molecule has 1 aromatic heterocycles. The van der Waals surface area contributed by atoms with E-state index in [2.05, 4.69) is 21.7 Å². The molecule has 3 aliphatic rings. The summed E-state index contributed by atoms with van der Waals surface area (Å²) in [5.41, 5.74) is 3.90. The molecule has 0 spiro atoms. The number of carbonyl (C=O) groups excluding carboxylic acids is 2. The highest BCUT2D eigenvalue weighted by Gasteiger charge is 2.54. The van der Waals surface area contributed by atoms with Gasteiger partial charge in [0, 0.05) is 59.1 Å². The van der Waals surface area contributed by atoms with Gasteiger partial charge in [-0.3, -0.25) is 9.59 Å². The topological polar surface area (TPSA) is 92.5 Å². The van der Waals surface area contributed by atoms with Crippen LogP contribution >= 0.6 is 0 Å². The van der Waals surface area contributed by atoms with E-state index in [1.807, 2.05) is 30.5 Å². The van der Waals surface area contributed by atoms with Crippen molar-refractivity contribution in [3.8, 4) is 5.75 Å². The monoisotopic (exact) mass is 417 g/mol. The van der Waals surface area contributed by atoms with Crippen molar-refractivity contribution in [2.24, 2.45) is 11.8 Å². The normalized spacial score (nSPS) is 25.6. The lowest BCUT2D eigenvalue weighted by Crippen LogP contribution is -2.30. The Balaban J connectivity index is 1.40. The minimum Gasteiger partial charge on any atom is -0.491 e. The molecule has 2 aliphatic heterocycles. The number of benzene rings is 2. The molecule has 2 amide bonds. The maximum absolute atomic E-state index is 13.1. The van der Waals surface area contributed by atoms with E-state index in [1.54, 1.807) is 13.1 Å². The molecule has 6 rings (SSSR count). The molecule has 7 nitrogen and oxygen atoms in total. The molecule has 0 radical (unpaired) electrons. The third kappa shape index (κ3) is 2.84. The Labute approximate surface area is 179 Å². The molecule has 2 fully saturated rings. The van der Waals surface area contributed by atoms with E-state index in [0.717, 1.165) is 22.0 Å². The van der Waals surface area contributed by atoms with Gasteiger partial charge in [0.2, 0.25) is 0 Å². The highest BCUT2D eigenvalue weighted by Crippen LogP contribution is 2.45. The Morgan fingerprint density at radius 2 is 1.84 bits per heavy atom. The molecule has 1 aliphatic carbocycles. The van der Waals surface area contributed by atoms with Crippen LogP contribution in [0.4, 0.5) is 0 Å². The predicted octanol–water partition coefficient (Wildman–Crippen LogP) is 2.43. The van der Waals surface area contributed by atoms with Gasteiger partial charge in [-0.05, 0) is 23.8 Å². The second-order valence-corrected chi connectivity index (χ2v) is 8.54. The summed E-state index contributed by atoms with van der Waals surface area (Å²) in [5.74, 6) is 0.913. The first kappa shape index (κ1) is 18.4. The highest BCUT2D eigenvalue weighted by atomic mass is 16.5. The van der Waals surface area contributed by atoms with Crippen LogP contribution < -0.4 is 15.4 Å². The van der Waals surface area contributed by atoms with E-state index in [-0.39, 0.29) is 23.8 Å². The van der Waals surface area contributed by atoms with Gasteiger partial charge < -0.3 is 25.1 Å². The smallest absolute Gasteiger partial charge is 0.254 e. The Morgan fingerprint density at radius 1 is 1.03 bits per heavy atom. The number of rotatable bonds is 4. The molecule has 1 saturated carbocycles. The third-order valence-corrected chi connectivity index (χ3v) is 6.87. The number of aromatic amines is 1. The zero-order valence-corrected chi connectivity index (χ0v) is 17.1. The Kier molecular flexibility index (Phi) is 4.08. The number of hydrogen-bond donors (Lipinski definition) is 3. The van der Waals surface area contributed by atoms with Crippen LogP contribution in [0.1, 0.15) is 37.8 Å². The van der Waals surface area contributed by atoms with Gasteiger partial charge in [0.1, 0.15) is 5.75 Å². The molecule has 158 valence electrons. The fraction of sp³-hybridized carbons (Fsp3) is 0.333. The van der Waals surface area contributed by atoms with Gasteiger partial charge in [0.05, 0.1) is 25.4 Å². The van der Waals surface area contributed by atoms with Crippen molar-refractivity contribution in [1.29, 1.82) is 0 Å². The first-order chi connectivity index (χ1) is 15.2. The van der Waals surface area contributed by atoms with Crippen LogP contribution in [-0.2, 0) is 4.74 Å². The van der Waals surface area contributed by atoms with E-state index in [9.17, 15) is 9.59 Å². The third-order valence-electron chi connectivity index (χ3n) is 6.87. The van der Waals surface area contributed by atoms with Crippen molar-refractivity contribution in [2.75, 3.05) is 26.9 Å². The maximum Gasteiger partial charge on any atom is 0.254 e. The number of ether oxygens (including phenoxy) is 2. The van der Waals surface area contributed by atoms with E-state index >= 15 is 0 Å². The summed E-state index contributed by atoms with van der Waals surface area (Å²) < 4.78 is 11.4. The van der Waals surface area contributed by atoms with Gasteiger partial charge in [-0.1, -0.05) is 18.2 Å². The summed E-state index contributed by atoms with van der Waals surface area (Å²) in [7, 11) is 1.58. The minimum atomic E-state index is -0.262. The lowest BCUT2D eigenvalue weighted by atomic mass is 9.90. The van der Waals surface area contributed by atoms with Crippen molar-refractivity contribution in [1.82, 2.24) is 15.6 Å². The number of hydrogen-bond acceptors (Lipinski definition) is 4. The summed E-state index contributed by atoms with van der Waals surface area (Å²) in [6.45, 7) is 1.84. The molecule has 3 aromatic rings. The maximum atomic E-state index is 13.1. The second kappa shape index (κ2) is 6.85. The lowest BCUT2D eigenvalue weighted by molar-refractivity contribution is 0.0929. The number of fused-ring (bicyclic) bond motifs is 3. The molecule has 0 bridgehead atoms. The van der Waals surface area contributed by atoms with Crippen LogP contribution in [0, 0.1) is 11.8 Å². The number of nitrogens with one attached hydrogen (secondary N) is 3. The summed E-state index contributed by atoms with van der Waals surface area (Å²) in [6.07, 6.45) is 1.99. The summed E-state index contributed by atoms with van der Waals surface area (Å²) >= 11 is 0. The van der Waals surface area contributed by atoms with E-state index in [1.165, 1.54) is 0 Å². The molecule has 3 N–H and O–H groups in total. The summed E-state index contributed by atoms with van der Waals surface area (Å²) in [6, 6.07) is 11.8. The standard InChI is InChI=1S/C24H23N3O4/c1-25-24(29)15-7-12(23(28)27-21-18-9-30-10-19(18)21)6-14-17(11-31-22(14)15)16-8-26-20-5-3-2-4-13(16)20/h2-8,17-19,21,26H,9-11H2,1H3,(H,25,29)(H,27,28)/t17?,18-,19+,21?. The SMILES string of the molecule is CNC(=O)c1cc(C(=O)NC2[C@H]3COC[C@@H]23)cc2c1OCC2c1c[nH]c2ccccc12. The molecule has 1 saturated heterocycles. The predicted molar refractivity (Wildman–Crippen MR) is 115 cm³/mol. The number of aromatic nitrogens is 1. The number of H-pyrrole nitrogens is 1. The van der Waals surface area contributed by atoms with Crippen molar-refractivity contribution >= 4 is 22.7 Å². The van der Waals surface area contributed by atoms with Crippen molar-refractivity contribution < 1.29 is 19.1 Å². The molecular weight excluding hydrogens is 394 g/mol. The Hall–Kier alpha value is -3.32. The number of amides is 2. The van der Waals surface area contributed by atoms with Gasteiger partial charge in [-0.2, -0.15) is 0 Å². The van der Waals surface area contributed by atoms with Crippen LogP contribution in [0.2, 0.25) is 0 Å². The number of carbonyl (C=O) groups is 2. The first-order valence-electron chi connectivity index (χ1n) is 10.6. The van der Waals surface area contributed by atoms with Crippen LogP contribution in [-0.4, -0.2) is 49.7 Å². The van der Waals surface area contributed by atoms with E-state index in [4.69, 9.17) is 9.47 Å². The zero-order valence-electron chi connectivity index (χ0n) is 17.1. The van der Waals surface area contributed by atoms with Crippen molar-refractivity contribution in [2.45, 2.75) is 12.0 Å². The fourth-order valence-electron chi connectivity index (χ4n) is 5.09. The lowest BCUT2D eigenvalue weighted by Gasteiger charge is -2.13. The van der Waals surface area contributed by atoms with E-state index < -0.39 is 0 Å². The molecule has 7 heteroatoms. The van der Waals surface area contributed by atoms with Gasteiger partial charge in [0.25, 0.3) is 11.8 Å². The minimum absolute atomic E-state index is 0.0592. The average Bonchev–Trinajstić information content (AvgIpc) is 3.27. The Bertz CT molecular complexity index is 1210. The second-order valence-electron chi connectivity index (χ2n) is 8.54. The Morgan fingerprint density at radius 3 is 2.65 bits per heavy atom. The van der Waals surface area contributed by atoms with Crippen LogP contribution in [0.5, 0.6) is 5.75 Å². The van der Waals surface area contributed by atoms with Crippen LogP contribution in [0.25, 0.3) is 10.9 Å². The largest absolute Gasteiger partial charge is 0.491 e. The highest BCUT2D eigenvalue weighted by molar-refractivity contribution is 6.02. The van der Waals surface area contributed by atoms with Gasteiger partial charge in [-0.25, -0.2) is 0 Å². The molecule has 4 atom stereocenters. The summed E-state index contributed by atoms with van der Waals surface area (Å²) in [5, 5.41) is 6.91. The van der Waals surface area contributed by atoms with Gasteiger partial charge >= 0.3 is 0 Å². The average molecular weight is 417 g/mol. The van der Waals surface area contributed by atoms with Crippen LogP contribution in [0.15, 0.2) is 42.6 Å². The molecule has 2 unspecified atom stereocenters. The van der Waals surface area contributed by atoms with Gasteiger partial charge in [0.15, 0.2) is 0 Å². The first-order valence-corrected chi connectivity index (χ1v) is 10.6. The summed E-state index contributed by atoms with van der Waals surface area (Å²) in [4.78, 5) is 29.0. The van der Waals surface area contributed by atoms with Gasteiger partial charge in [-0.15, -0.1) is 0 Å². The quantitative estimate of drug-likeness (QED) is 0.608. The zero-order chi connectivity index (χ0) is 21.1. The van der Waals surface area contributed by atoms with Crippen LogP contribution in [0.3, 0.4) is 0 Å². The number of para-hydroxylation sites is 1. The molecule has 3 heterocycles. The van der Waals surface area contributed by atoms with Crippen molar-refractivity contribution in [3.63, 3.8) is 0 Å². The van der Waals surface area contributed by atoms with E-state index in [0.29, 0.717) is 48.5 Å². The molecule has 31 heavy (non-hydrogen) atoms. The van der Waals surface area contributed by atoms with Crippen molar-refractivity contribution in [3.05, 3.63) is 64.8 Å².